The highest BCUT2D eigenvalue weighted by Crippen LogP contribution is 2.25. The number of fused-ring (bicyclic) bond motifs is 1. The number of imide groups is 1. The Bertz CT molecular complexity index is 657. The highest BCUT2D eigenvalue weighted by molar-refractivity contribution is 7.88. The SMILES string of the molecule is CS(=O)(=O)NCCN1C(=O)c2ccc(Cl)cc2C1=O. The van der Waals surface area contributed by atoms with Crippen molar-refractivity contribution in [2.75, 3.05) is 19.3 Å². The second-order valence-electron chi connectivity index (χ2n) is 4.12. The second-order valence-corrected chi connectivity index (χ2v) is 6.39. The van der Waals surface area contributed by atoms with E-state index in [4.69, 9.17) is 11.6 Å². The molecule has 1 aromatic rings. The first-order valence-corrected chi connectivity index (χ1v) is 7.67. The standard InChI is InChI=1S/C11H11ClN2O4S/c1-19(17,18)13-4-5-14-10(15)8-3-2-7(12)6-9(8)11(14)16/h2-3,6,13H,4-5H2,1H3. The fraction of sp³-hybridized carbons (Fsp3) is 0.273. The van der Waals surface area contributed by atoms with Gasteiger partial charge >= 0.3 is 0 Å². The Hall–Kier alpha value is -1.44. The molecule has 0 aromatic heterocycles. The van der Waals surface area contributed by atoms with Gasteiger partial charge in [0.05, 0.1) is 17.4 Å². The molecule has 0 unspecified atom stereocenters. The molecule has 8 heteroatoms. The van der Waals surface area contributed by atoms with Crippen molar-refractivity contribution in [1.29, 1.82) is 0 Å². The molecule has 1 N–H and O–H groups in total. The van der Waals surface area contributed by atoms with Crippen molar-refractivity contribution in [3.8, 4) is 0 Å². The first-order valence-electron chi connectivity index (χ1n) is 5.40. The van der Waals surface area contributed by atoms with E-state index >= 15 is 0 Å². The van der Waals surface area contributed by atoms with Gasteiger partial charge in [-0.2, -0.15) is 0 Å². The third-order valence-corrected chi connectivity index (χ3v) is 3.60. The molecule has 1 aliphatic heterocycles. The van der Waals surface area contributed by atoms with Gasteiger partial charge < -0.3 is 0 Å². The topological polar surface area (TPSA) is 83.6 Å². The normalized spacial score (nSPS) is 14.9. The van der Waals surface area contributed by atoms with Crippen LogP contribution in [0.1, 0.15) is 20.7 Å². The summed E-state index contributed by atoms with van der Waals surface area (Å²) in [6.45, 7) is -0.0327. The summed E-state index contributed by atoms with van der Waals surface area (Å²) in [6, 6.07) is 4.45. The Morgan fingerprint density at radius 1 is 1.21 bits per heavy atom. The maximum absolute atomic E-state index is 12.0. The summed E-state index contributed by atoms with van der Waals surface area (Å²) in [6.07, 6.45) is 1.01. The van der Waals surface area contributed by atoms with Crippen molar-refractivity contribution >= 4 is 33.4 Å². The summed E-state index contributed by atoms with van der Waals surface area (Å²) in [5.74, 6) is -0.898. The van der Waals surface area contributed by atoms with Crippen LogP contribution in [0, 0.1) is 0 Å². The van der Waals surface area contributed by atoms with Gasteiger partial charge in [-0.3, -0.25) is 14.5 Å². The van der Waals surface area contributed by atoms with Gasteiger partial charge in [0.25, 0.3) is 11.8 Å². The molecular formula is C11H11ClN2O4S. The molecule has 1 heterocycles. The highest BCUT2D eigenvalue weighted by atomic mass is 35.5. The van der Waals surface area contributed by atoms with Crippen molar-refractivity contribution in [3.63, 3.8) is 0 Å². The lowest BCUT2D eigenvalue weighted by molar-refractivity contribution is 0.0657. The van der Waals surface area contributed by atoms with E-state index in [0.717, 1.165) is 11.2 Å². The van der Waals surface area contributed by atoms with Crippen LogP contribution in [0.25, 0.3) is 0 Å². The molecule has 2 amide bonds. The summed E-state index contributed by atoms with van der Waals surface area (Å²) >= 11 is 5.77. The van der Waals surface area contributed by atoms with Crippen molar-refractivity contribution in [1.82, 2.24) is 9.62 Å². The average Bonchev–Trinajstić information content (AvgIpc) is 2.52. The minimum atomic E-state index is -3.35. The number of rotatable bonds is 4. The van der Waals surface area contributed by atoms with Gasteiger partial charge in [0.2, 0.25) is 10.0 Å². The lowest BCUT2D eigenvalue weighted by atomic mass is 10.1. The Labute approximate surface area is 115 Å². The molecule has 6 nitrogen and oxygen atoms in total. The molecule has 0 aliphatic carbocycles. The second kappa shape index (κ2) is 4.92. The van der Waals surface area contributed by atoms with Gasteiger partial charge in [-0.15, -0.1) is 0 Å². The Kier molecular flexibility index (Phi) is 3.62. The van der Waals surface area contributed by atoms with E-state index < -0.39 is 21.8 Å². The molecule has 2 rings (SSSR count). The number of benzene rings is 1. The minimum absolute atomic E-state index is 0.0158. The summed E-state index contributed by atoms with van der Waals surface area (Å²) in [7, 11) is -3.35. The van der Waals surface area contributed by atoms with Crippen molar-refractivity contribution in [3.05, 3.63) is 34.3 Å². The van der Waals surface area contributed by atoms with Crippen LogP contribution in [0.4, 0.5) is 0 Å². The van der Waals surface area contributed by atoms with Gasteiger partial charge in [-0.05, 0) is 18.2 Å². The summed E-state index contributed by atoms with van der Waals surface area (Å²) in [5, 5.41) is 0.371. The van der Waals surface area contributed by atoms with Crippen LogP contribution >= 0.6 is 11.6 Å². The van der Waals surface area contributed by atoms with Crippen molar-refractivity contribution in [2.45, 2.75) is 0 Å². The van der Waals surface area contributed by atoms with Crippen LogP contribution in [-0.4, -0.2) is 44.5 Å². The van der Waals surface area contributed by atoms with Gasteiger partial charge in [0.1, 0.15) is 0 Å². The number of nitrogens with zero attached hydrogens (tertiary/aromatic N) is 1. The number of sulfonamides is 1. The van der Waals surface area contributed by atoms with Crippen LogP contribution in [0.15, 0.2) is 18.2 Å². The molecule has 1 aromatic carbocycles. The average molecular weight is 303 g/mol. The van der Waals surface area contributed by atoms with E-state index in [9.17, 15) is 18.0 Å². The predicted molar refractivity (Wildman–Crippen MR) is 69.7 cm³/mol. The molecule has 0 atom stereocenters. The fourth-order valence-corrected chi connectivity index (χ4v) is 2.44. The van der Waals surface area contributed by atoms with Crippen molar-refractivity contribution in [2.24, 2.45) is 0 Å². The zero-order valence-corrected chi connectivity index (χ0v) is 11.6. The number of halogens is 1. The van der Waals surface area contributed by atoms with Gasteiger partial charge in [-0.1, -0.05) is 11.6 Å². The van der Waals surface area contributed by atoms with E-state index in [-0.39, 0.29) is 24.2 Å². The molecule has 19 heavy (non-hydrogen) atoms. The van der Waals surface area contributed by atoms with Gasteiger partial charge in [-0.25, -0.2) is 13.1 Å². The number of amides is 2. The lowest BCUT2D eigenvalue weighted by Crippen LogP contribution is -2.37. The predicted octanol–water partition coefficient (Wildman–Crippen LogP) is 0.485. The number of nitrogens with one attached hydrogen (secondary N) is 1. The first-order chi connectivity index (χ1) is 8.79. The first kappa shape index (κ1) is 14.0. The van der Waals surface area contributed by atoms with E-state index in [2.05, 4.69) is 4.72 Å². The van der Waals surface area contributed by atoms with Crippen LogP contribution in [-0.2, 0) is 10.0 Å². The zero-order valence-electron chi connectivity index (χ0n) is 10.0. The smallest absolute Gasteiger partial charge is 0.261 e. The van der Waals surface area contributed by atoms with E-state index in [0.29, 0.717) is 5.02 Å². The number of carbonyl (C=O) groups excluding carboxylic acids is 2. The van der Waals surface area contributed by atoms with Gasteiger partial charge in [0.15, 0.2) is 0 Å². The summed E-state index contributed by atoms with van der Waals surface area (Å²) < 4.78 is 24.1. The van der Waals surface area contributed by atoms with Crippen LogP contribution in [0.3, 0.4) is 0 Å². The van der Waals surface area contributed by atoms with Crippen LogP contribution < -0.4 is 4.72 Å². The molecule has 0 bridgehead atoms. The molecule has 0 fully saturated rings. The molecule has 0 spiro atoms. The largest absolute Gasteiger partial charge is 0.273 e. The molecule has 102 valence electrons. The molecule has 1 aliphatic rings. The van der Waals surface area contributed by atoms with Crippen molar-refractivity contribution < 1.29 is 18.0 Å². The molecule has 0 saturated carbocycles. The monoisotopic (exact) mass is 302 g/mol. The van der Waals surface area contributed by atoms with E-state index in [1.165, 1.54) is 18.2 Å². The Balaban J connectivity index is 2.14. The van der Waals surface area contributed by atoms with Crippen LogP contribution in [0.2, 0.25) is 5.02 Å². The molecule has 0 saturated heterocycles. The fourth-order valence-electron chi connectivity index (χ4n) is 1.81. The summed E-state index contributed by atoms with van der Waals surface area (Å²) in [5.41, 5.74) is 0.533. The molecular weight excluding hydrogens is 292 g/mol. The number of hydrogen-bond donors (Lipinski definition) is 1. The zero-order chi connectivity index (χ0) is 14.2. The third-order valence-electron chi connectivity index (χ3n) is 2.63. The number of carbonyl (C=O) groups is 2. The number of hydrogen-bond acceptors (Lipinski definition) is 4. The van der Waals surface area contributed by atoms with E-state index in [1.54, 1.807) is 0 Å². The highest BCUT2D eigenvalue weighted by Gasteiger charge is 2.35. The minimum Gasteiger partial charge on any atom is -0.273 e. The maximum atomic E-state index is 12.0. The Morgan fingerprint density at radius 3 is 2.47 bits per heavy atom. The van der Waals surface area contributed by atoms with Crippen LogP contribution in [0.5, 0.6) is 0 Å². The van der Waals surface area contributed by atoms with Gasteiger partial charge in [0, 0.05) is 18.1 Å². The van der Waals surface area contributed by atoms with E-state index in [1.807, 2.05) is 0 Å². The quantitative estimate of drug-likeness (QED) is 0.820. The lowest BCUT2D eigenvalue weighted by Gasteiger charge is -2.13. The Morgan fingerprint density at radius 2 is 1.84 bits per heavy atom. The third kappa shape index (κ3) is 2.94. The maximum Gasteiger partial charge on any atom is 0.261 e. The summed E-state index contributed by atoms with van der Waals surface area (Å²) in [4.78, 5) is 24.9. The molecule has 0 radical (unpaired) electrons.